The zero-order valence-corrected chi connectivity index (χ0v) is 28.7. The molecular weight excluding hydrogens is 644 g/mol. The molecule has 2 saturated carbocycles. The van der Waals surface area contributed by atoms with Gasteiger partial charge in [0.2, 0.25) is 0 Å². The molecule has 8 nitrogen and oxygen atoms in total. The third-order valence-electron chi connectivity index (χ3n) is 9.87. The second kappa shape index (κ2) is 16.6. The summed E-state index contributed by atoms with van der Waals surface area (Å²) in [6.45, 7) is 0.619. The molecule has 0 saturated heterocycles. The molecular formula is C43H44O8. The van der Waals surface area contributed by atoms with Crippen LogP contribution in [0.1, 0.15) is 67.2 Å². The molecule has 0 aliphatic heterocycles. The summed E-state index contributed by atoms with van der Waals surface area (Å²) < 4.78 is 23.1. The number of rotatable bonds is 16. The first-order valence-electron chi connectivity index (χ1n) is 17.8. The van der Waals surface area contributed by atoms with Crippen LogP contribution in [0.25, 0.3) is 0 Å². The lowest BCUT2D eigenvalue weighted by molar-refractivity contribution is -0.198. The number of benzene rings is 4. The topological polar surface area (TPSA) is 105 Å². The second-order valence-corrected chi connectivity index (χ2v) is 13.6. The van der Waals surface area contributed by atoms with E-state index in [0.29, 0.717) is 26.1 Å². The average molecular weight is 689 g/mol. The van der Waals surface area contributed by atoms with E-state index in [4.69, 9.17) is 18.9 Å². The molecule has 4 aromatic rings. The predicted molar refractivity (Wildman–Crippen MR) is 190 cm³/mol. The summed E-state index contributed by atoms with van der Waals surface area (Å²) in [6.07, 6.45) is 3.49. The molecule has 0 aromatic heterocycles. The van der Waals surface area contributed by atoms with Gasteiger partial charge < -0.3 is 18.9 Å². The van der Waals surface area contributed by atoms with Crippen molar-refractivity contribution in [3.8, 4) is 0 Å². The first-order chi connectivity index (χ1) is 24.8. The molecule has 2 fully saturated rings. The van der Waals surface area contributed by atoms with Gasteiger partial charge in [0.15, 0.2) is 0 Å². The van der Waals surface area contributed by atoms with Gasteiger partial charge in [-0.15, -0.1) is 0 Å². The third kappa shape index (κ3) is 9.11. The van der Waals surface area contributed by atoms with Gasteiger partial charge in [0.25, 0.3) is 0 Å². The lowest BCUT2D eigenvalue weighted by Crippen LogP contribution is -2.49. The Morgan fingerprint density at radius 3 is 1.18 bits per heavy atom. The molecule has 0 N–H and O–H groups in total. The largest absolute Gasteiger partial charge is 0.465 e. The quantitative estimate of drug-likeness (QED) is 0.0518. The summed E-state index contributed by atoms with van der Waals surface area (Å²) in [5.41, 5.74) is 1.79. The van der Waals surface area contributed by atoms with E-state index in [2.05, 4.69) is 0 Å². The highest BCUT2D eigenvalue weighted by Gasteiger charge is 2.54. The summed E-state index contributed by atoms with van der Waals surface area (Å²) in [6, 6.07) is 38.6. The lowest BCUT2D eigenvalue weighted by Gasteiger charge is -2.46. The van der Waals surface area contributed by atoms with Crippen LogP contribution in [0.4, 0.5) is 0 Å². The highest BCUT2D eigenvalue weighted by atomic mass is 16.6. The Morgan fingerprint density at radius 1 is 0.490 bits per heavy atom. The number of aryl methyl sites for hydroxylation is 2. The van der Waals surface area contributed by atoms with Crippen LogP contribution < -0.4 is 0 Å². The summed E-state index contributed by atoms with van der Waals surface area (Å²) in [5, 5.41) is 0. The van der Waals surface area contributed by atoms with Crippen molar-refractivity contribution in [1.82, 2.24) is 0 Å². The minimum absolute atomic E-state index is 0.262. The van der Waals surface area contributed by atoms with Crippen LogP contribution in [-0.2, 0) is 62.2 Å². The molecule has 0 heterocycles. The fourth-order valence-corrected chi connectivity index (χ4v) is 7.09. The minimum Gasteiger partial charge on any atom is -0.465 e. The summed E-state index contributed by atoms with van der Waals surface area (Å²) in [5.74, 6) is -2.96. The summed E-state index contributed by atoms with van der Waals surface area (Å²) in [7, 11) is 0. The molecule has 0 amide bonds. The van der Waals surface area contributed by atoms with E-state index in [1.165, 1.54) is 11.1 Å². The first-order valence-corrected chi connectivity index (χ1v) is 17.8. The number of hydrogen-bond acceptors (Lipinski definition) is 8. The van der Waals surface area contributed by atoms with E-state index in [1.807, 2.05) is 121 Å². The molecule has 0 bridgehead atoms. The van der Waals surface area contributed by atoms with Crippen molar-refractivity contribution in [2.75, 3.05) is 13.2 Å². The van der Waals surface area contributed by atoms with Gasteiger partial charge >= 0.3 is 23.9 Å². The molecule has 0 spiro atoms. The number of hydrogen-bond donors (Lipinski definition) is 0. The highest BCUT2D eigenvalue weighted by Crippen LogP contribution is 2.51. The number of ether oxygens (including phenoxy) is 4. The molecule has 2 aliphatic rings. The van der Waals surface area contributed by atoms with Gasteiger partial charge in [-0.3, -0.25) is 19.2 Å². The van der Waals surface area contributed by atoms with Crippen LogP contribution in [-0.4, -0.2) is 37.1 Å². The fourth-order valence-electron chi connectivity index (χ4n) is 7.09. The molecule has 264 valence electrons. The molecule has 4 aromatic carbocycles. The zero-order valence-electron chi connectivity index (χ0n) is 28.7. The van der Waals surface area contributed by atoms with E-state index >= 15 is 0 Å². The van der Waals surface area contributed by atoms with Crippen molar-refractivity contribution >= 4 is 23.9 Å². The Bertz CT molecular complexity index is 1610. The van der Waals surface area contributed by atoms with Gasteiger partial charge in [-0.25, -0.2) is 0 Å². The van der Waals surface area contributed by atoms with Crippen molar-refractivity contribution in [2.24, 2.45) is 11.8 Å². The number of carbonyl (C=O) groups is 4. The Kier molecular flexibility index (Phi) is 11.6. The standard InChI is InChI=1S/C43H44O8/c44-38(50-42(36-21-9-3-10-22-36)28-34(29-42)40(46)48-25-13-19-32-15-5-1-6-16-32)27-39(45)51-43(37-23-11-4-12-24-37)30-35(31-43)41(47)49-26-14-20-33-17-7-2-8-18-33/h1-12,15-18,21-24,34-35H,13-14,19-20,25-31H2. The van der Waals surface area contributed by atoms with Crippen LogP contribution in [0.2, 0.25) is 0 Å². The van der Waals surface area contributed by atoms with Crippen molar-refractivity contribution in [2.45, 2.75) is 69.0 Å². The molecule has 0 radical (unpaired) electrons. The van der Waals surface area contributed by atoms with Gasteiger partial charge in [-0.2, -0.15) is 0 Å². The number of esters is 4. The van der Waals surface area contributed by atoms with Gasteiger partial charge in [-0.05, 0) is 47.9 Å². The third-order valence-corrected chi connectivity index (χ3v) is 9.87. The first kappa shape index (κ1) is 35.6. The van der Waals surface area contributed by atoms with E-state index < -0.39 is 41.4 Å². The van der Waals surface area contributed by atoms with Crippen LogP contribution in [0, 0.1) is 11.8 Å². The van der Waals surface area contributed by atoms with Gasteiger partial charge in [0, 0.05) is 25.7 Å². The Hall–Kier alpha value is -5.24. The average Bonchev–Trinajstić information content (AvgIpc) is 3.12. The van der Waals surface area contributed by atoms with Crippen LogP contribution in [0.5, 0.6) is 0 Å². The summed E-state index contributed by atoms with van der Waals surface area (Å²) >= 11 is 0. The van der Waals surface area contributed by atoms with Gasteiger partial charge in [0.05, 0.1) is 25.0 Å². The van der Waals surface area contributed by atoms with Crippen molar-refractivity contribution in [3.05, 3.63) is 144 Å². The molecule has 0 unspecified atom stereocenters. The van der Waals surface area contributed by atoms with Crippen LogP contribution in [0.15, 0.2) is 121 Å². The van der Waals surface area contributed by atoms with Crippen molar-refractivity contribution in [1.29, 1.82) is 0 Å². The molecule has 2 aliphatic carbocycles. The van der Waals surface area contributed by atoms with E-state index in [9.17, 15) is 19.2 Å². The van der Waals surface area contributed by atoms with Crippen molar-refractivity contribution in [3.63, 3.8) is 0 Å². The molecule has 51 heavy (non-hydrogen) atoms. The smallest absolute Gasteiger partial charge is 0.318 e. The second-order valence-electron chi connectivity index (χ2n) is 13.6. The van der Waals surface area contributed by atoms with Crippen LogP contribution >= 0.6 is 0 Å². The fraction of sp³-hybridized carbons (Fsp3) is 0.349. The normalized spacial score (nSPS) is 22.0. The van der Waals surface area contributed by atoms with Gasteiger partial charge in [-0.1, -0.05) is 121 Å². The Balaban J connectivity index is 1.01. The monoisotopic (exact) mass is 688 g/mol. The number of carbonyl (C=O) groups excluding carboxylic acids is 4. The molecule has 0 atom stereocenters. The van der Waals surface area contributed by atoms with E-state index in [0.717, 1.165) is 24.0 Å². The van der Waals surface area contributed by atoms with Crippen LogP contribution in [0.3, 0.4) is 0 Å². The van der Waals surface area contributed by atoms with Gasteiger partial charge in [0.1, 0.15) is 17.6 Å². The Morgan fingerprint density at radius 2 is 0.824 bits per heavy atom. The lowest BCUT2D eigenvalue weighted by atomic mass is 9.67. The zero-order chi connectivity index (χ0) is 35.5. The van der Waals surface area contributed by atoms with E-state index in [1.54, 1.807) is 0 Å². The van der Waals surface area contributed by atoms with E-state index in [-0.39, 0.29) is 37.6 Å². The minimum atomic E-state index is -1.05. The molecule has 6 rings (SSSR count). The summed E-state index contributed by atoms with van der Waals surface area (Å²) in [4.78, 5) is 52.4. The predicted octanol–water partition coefficient (Wildman–Crippen LogP) is 7.43. The maximum atomic E-state index is 13.3. The maximum Gasteiger partial charge on any atom is 0.318 e. The molecule has 8 heteroatoms. The maximum absolute atomic E-state index is 13.3. The van der Waals surface area contributed by atoms with Crippen molar-refractivity contribution < 1.29 is 38.1 Å². The highest BCUT2D eigenvalue weighted by molar-refractivity contribution is 5.92. The Labute approximate surface area is 299 Å². The SMILES string of the molecule is O=C(CC(=O)OC1(c2ccccc2)CC(C(=O)OCCCc2ccccc2)C1)OC1(c2ccccc2)CC(C(=O)OCCCc2ccccc2)C1.